The van der Waals surface area contributed by atoms with Crippen molar-refractivity contribution >= 4 is 63.8 Å². The Kier molecular flexibility index (Phi) is 12.5. The number of hydrogen-bond donors (Lipinski definition) is 3. The molecule has 1 aliphatic heterocycles. The quantitative estimate of drug-likeness (QED) is 0.0953. The molecule has 1 fully saturated rings. The number of hydrogen-bond acceptors (Lipinski definition) is 8. The van der Waals surface area contributed by atoms with Gasteiger partial charge in [-0.05, 0) is 16.7 Å². The van der Waals surface area contributed by atoms with E-state index < -0.39 is 40.9 Å². The summed E-state index contributed by atoms with van der Waals surface area (Å²) < 4.78 is 29.1. The number of benzene rings is 3. The molecule has 1 amide bonds. The Morgan fingerprint density at radius 2 is 1.40 bits per heavy atom. The Morgan fingerprint density at radius 3 is 1.94 bits per heavy atom. The third-order valence-corrected chi connectivity index (χ3v) is 7.70. The molecule has 47 heavy (non-hydrogen) atoms. The van der Waals surface area contributed by atoms with Crippen molar-refractivity contribution in [3.05, 3.63) is 119 Å². The predicted molar refractivity (Wildman–Crippen MR) is 183 cm³/mol. The van der Waals surface area contributed by atoms with E-state index in [1.807, 2.05) is 91.0 Å². The number of carbonyl (C=O) groups excluding carboxylic acids is 1. The van der Waals surface area contributed by atoms with E-state index in [0.717, 1.165) is 16.7 Å². The summed E-state index contributed by atoms with van der Waals surface area (Å²) in [5.41, 5.74) is 9.48. The van der Waals surface area contributed by atoms with Gasteiger partial charge in [-0.15, -0.1) is 0 Å². The fourth-order valence-electron chi connectivity index (χ4n) is 5.03. The van der Waals surface area contributed by atoms with Gasteiger partial charge in [-0.3, -0.25) is 10.4 Å². The lowest BCUT2D eigenvalue weighted by molar-refractivity contribution is -0.0898. The molecule has 2 heterocycles. The lowest BCUT2D eigenvalue weighted by Crippen LogP contribution is -2.38. The fraction of sp³-hybridized carbons (Fsp3) is 0.303. The third kappa shape index (κ3) is 10.1. The maximum Gasteiger partial charge on any atom is 0.411 e. The minimum atomic E-state index is -1.82. The number of thiocarbonyl (C=S) groups is 1. The molecule has 248 valence electrons. The first-order chi connectivity index (χ1) is 22.7. The highest BCUT2D eigenvalue weighted by Gasteiger charge is 2.49. The molecule has 1 aliphatic rings. The molecule has 4 aromatic rings. The maximum absolute atomic E-state index is 12.8. The van der Waals surface area contributed by atoms with Gasteiger partial charge in [0.15, 0.2) is 0 Å². The van der Waals surface area contributed by atoms with Gasteiger partial charge in [0.2, 0.25) is 3.79 Å². The van der Waals surface area contributed by atoms with Crippen LogP contribution in [0, 0.1) is 0 Å². The Hall–Kier alpha value is -3.26. The van der Waals surface area contributed by atoms with Crippen molar-refractivity contribution in [1.82, 2.24) is 10.2 Å². The first-order valence-electron chi connectivity index (χ1n) is 14.6. The highest BCUT2D eigenvalue weighted by atomic mass is 35.6. The van der Waals surface area contributed by atoms with Crippen LogP contribution in [0.3, 0.4) is 0 Å². The Balaban J connectivity index is 1.46. The molecule has 3 aromatic carbocycles. The first-order valence-corrected chi connectivity index (χ1v) is 16.2. The molecule has 0 unspecified atom stereocenters. The van der Waals surface area contributed by atoms with Gasteiger partial charge in [0.05, 0.1) is 37.8 Å². The average Bonchev–Trinajstić information content (AvgIpc) is 3.63. The zero-order chi connectivity index (χ0) is 33.2. The van der Waals surface area contributed by atoms with Crippen molar-refractivity contribution in [2.75, 3.05) is 18.5 Å². The van der Waals surface area contributed by atoms with Crippen molar-refractivity contribution in [2.45, 2.75) is 48.0 Å². The molecule has 4 atom stereocenters. The molecule has 4 N–H and O–H groups in total. The Labute approximate surface area is 292 Å². The van der Waals surface area contributed by atoms with Crippen LogP contribution >= 0.6 is 47.0 Å². The number of aromatic amines is 1. The smallest absolute Gasteiger partial charge is 0.411 e. The number of nitrogens with two attached hydrogens (primary N) is 1. The van der Waals surface area contributed by atoms with Gasteiger partial charge >= 0.3 is 6.09 Å². The third-order valence-electron chi connectivity index (χ3n) is 7.18. The number of rotatable bonds is 14. The molecule has 5 rings (SSSR count). The lowest BCUT2D eigenvalue weighted by Gasteiger charge is -2.25. The van der Waals surface area contributed by atoms with Crippen LogP contribution in [0.15, 0.2) is 91.0 Å². The van der Waals surface area contributed by atoms with Gasteiger partial charge in [-0.25, -0.2) is 4.79 Å². The summed E-state index contributed by atoms with van der Waals surface area (Å²) in [6, 6.07) is 29.3. The van der Waals surface area contributed by atoms with E-state index in [0.29, 0.717) is 12.3 Å². The van der Waals surface area contributed by atoms with E-state index in [9.17, 15) is 4.79 Å². The summed E-state index contributed by atoms with van der Waals surface area (Å²) >= 11 is 22.5. The molecule has 0 aliphatic carbocycles. The van der Waals surface area contributed by atoms with E-state index in [1.165, 1.54) is 0 Å². The number of amides is 1. The zero-order valence-corrected chi connectivity index (χ0v) is 28.1. The van der Waals surface area contributed by atoms with Crippen molar-refractivity contribution in [3.63, 3.8) is 0 Å². The summed E-state index contributed by atoms with van der Waals surface area (Å²) in [6.07, 6.45) is -3.67. The van der Waals surface area contributed by atoms with E-state index in [4.69, 9.17) is 76.4 Å². The number of nitrogens with one attached hydrogen (secondary N) is 2. The van der Waals surface area contributed by atoms with Crippen LogP contribution in [0.2, 0.25) is 0 Å². The number of alkyl halides is 3. The SMILES string of the molecule is NC(=S)c1n[nH]c([C@@H]2O[C@H](COCc3ccccc3)[C@@H](OCc3ccccc3)[C@@H]2OCc2ccccc2)c1NC(=O)OCC(Cl)(Cl)Cl. The standard InChI is InChI=1S/C33H33Cl3N4O6S/c34-33(35,36)20-45-32(41)38-25-26(39-40-27(25)31(37)47)29-30(44-18-23-14-8-3-9-15-23)28(43-17-22-12-6-2-7-13-22)24(46-29)19-42-16-21-10-4-1-5-11-21/h1-15,24,28-30H,16-20H2,(H2,37,47)(H,38,41)(H,39,40)/t24-,28-,29+,30+/m1/s1. The van der Waals surface area contributed by atoms with E-state index >= 15 is 0 Å². The van der Waals surface area contributed by atoms with Gasteiger partial charge in [0.25, 0.3) is 0 Å². The molecular weight excluding hydrogens is 687 g/mol. The summed E-state index contributed by atoms with van der Waals surface area (Å²) in [5.74, 6) is 0. The largest absolute Gasteiger partial charge is 0.445 e. The van der Waals surface area contributed by atoms with Crippen LogP contribution in [0.1, 0.15) is 34.2 Å². The molecule has 0 spiro atoms. The first kappa shape index (κ1) is 35.1. The predicted octanol–water partition coefficient (Wildman–Crippen LogP) is 6.79. The summed E-state index contributed by atoms with van der Waals surface area (Å²) in [7, 11) is 0. The second-order valence-corrected chi connectivity index (χ2v) is 13.6. The summed E-state index contributed by atoms with van der Waals surface area (Å²) in [4.78, 5) is 12.7. The van der Waals surface area contributed by atoms with Crippen molar-refractivity contribution < 1.29 is 28.5 Å². The fourth-order valence-corrected chi connectivity index (χ4v) is 5.34. The van der Waals surface area contributed by atoms with Crippen LogP contribution in [0.25, 0.3) is 0 Å². The lowest BCUT2D eigenvalue weighted by atomic mass is 10.0. The summed E-state index contributed by atoms with van der Waals surface area (Å²) in [5, 5.41) is 9.84. The Morgan fingerprint density at radius 1 is 0.872 bits per heavy atom. The number of halogens is 3. The van der Waals surface area contributed by atoms with Crippen molar-refractivity contribution in [3.8, 4) is 0 Å². The molecule has 0 saturated carbocycles. The zero-order valence-electron chi connectivity index (χ0n) is 25.0. The average molecular weight is 720 g/mol. The topological polar surface area (TPSA) is 130 Å². The Bertz CT molecular complexity index is 1590. The van der Waals surface area contributed by atoms with Crippen LogP contribution in [0.4, 0.5) is 10.5 Å². The molecule has 0 bridgehead atoms. The highest BCUT2D eigenvalue weighted by molar-refractivity contribution is 7.80. The normalized spacial score (nSPS) is 19.4. The van der Waals surface area contributed by atoms with Crippen molar-refractivity contribution in [1.29, 1.82) is 0 Å². The van der Waals surface area contributed by atoms with Crippen LogP contribution in [-0.2, 0) is 43.5 Å². The number of ether oxygens (including phenoxy) is 5. The van der Waals surface area contributed by atoms with E-state index in [2.05, 4.69) is 15.5 Å². The van der Waals surface area contributed by atoms with Gasteiger partial charge in [0.1, 0.15) is 41.7 Å². The number of H-pyrrole nitrogens is 1. The maximum atomic E-state index is 12.8. The molecule has 14 heteroatoms. The van der Waals surface area contributed by atoms with Crippen molar-refractivity contribution in [2.24, 2.45) is 5.73 Å². The van der Waals surface area contributed by atoms with Gasteiger partial charge in [-0.2, -0.15) is 5.10 Å². The van der Waals surface area contributed by atoms with Crippen LogP contribution < -0.4 is 11.1 Å². The van der Waals surface area contributed by atoms with E-state index in [1.54, 1.807) is 0 Å². The van der Waals surface area contributed by atoms with Gasteiger partial charge in [0, 0.05) is 0 Å². The monoisotopic (exact) mass is 718 g/mol. The molecule has 1 saturated heterocycles. The second-order valence-electron chi connectivity index (χ2n) is 10.7. The van der Waals surface area contributed by atoms with Gasteiger partial charge < -0.3 is 29.4 Å². The number of nitrogens with zero attached hydrogens (tertiary/aromatic N) is 1. The van der Waals surface area contributed by atoms with E-state index in [-0.39, 0.29) is 36.2 Å². The molecular formula is C33H33Cl3N4O6S. The number of anilines is 1. The number of aromatic nitrogens is 2. The minimum Gasteiger partial charge on any atom is -0.445 e. The van der Waals surface area contributed by atoms with Crippen LogP contribution in [0.5, 0.6) is 0 Å². The minimum absolute atomic E-state index is 0.0800. The summed E-state index contributed by atoms with van der Waals surface area (Å²) in [6.45, 7) is 0.582. The number of carbonyl (C=O) groups is 1. The molecule has 10 nitrogen and oxygen atoms in total. The second kappa shape index (κ2) is 16.7. The molecule has 1 aromatic heterocycles. The van der Waals surface area contributed by atoms with Gasteiger partial charge in [-0.1, -0.05) is 138 Å². The highest BCUT2D eigenvalue weighted by Crippen LogP contribution is 2.41. The molecule has 0 radical (unpaired) electrons. The van der Waals surface area contributed by atoms with Crippen LogP contribution in [-0.4, -0.2) is 56.6 Å².